The summed E-state index contributed by atoms with van der Waals surface area (Å²) in [5.41, 5.74) is 0. The van der Waals surface area contributed by atoms with Gasteiger partial charge in [0.15, 0.2) is 0 Å². The highest BCUT2D eigenvalue weighted by Crippen LogP contribution is 2.04. The number of aliphatic hydroxyl groups excluding tert-OH is 2. The Balaban J connectivity index is 2.16. The van der Waals surface area contributed by atoms with E-state index < -0.39 is 0 Å². The van der Waals surface area contributed by atoms with Crippen molar-refractivity contribution >= 4 is 0 Å². The van der Waals surface area contributed by atoms with Gasteiger partial charge in [0.1, 0.15) is 0 Å². The van der Waals surface area contributed by atoms with E-state index in [2.05, 4.69) is 4.90 Å². The van der Waals surface area contributed by atoms with Crippen LogP contribution in [-0.4, -0.2) is 60.7 Å². The van der Waals surface area contributed by atoms with Crippen molar-refractivity contribution in [3.63, 3.8) is 0 Å². The molecule has 0 aliphatic carbocycles. The summed E-state index contributed by atoms with van der Waals surface area (Å²) in [6.07, 6.45) is 0.774. The number of ether oxygens (including phenoxy) is 1. The minimum absolute atomic E-state index is 0.0301. The largest absolute Gasteiger partial charge is 0.396 e. The first-order valence-corrected chi connectivity index (χ1v) is 4.42. The van der Waals surface area contributed by atoms with Gasteiger partial charge in [-0.2, -0.15) is 0 Å². The first kappa shape index (κ1) is 9.92. The van der Waals surface area contributed by atoms with Crippen LogP contribution < -0.4 is 0 Å². The van der Waals surface area contributed by atoms with E-state index in [1.807, 2.05) is 0 Å². The maximum Gasteiger partial charge on any atom is 0.0932 e. The van der Waals surface area contributed by atoms with E-state index in [9.17, 15) is 0 Å². The van der Waals surface area contributed by atoms with E-state index in [0.29, 0.717) is 6.61 Å². The van der Waals surface area contributed by atoms with E-state index in [4.69, 9.17) is 14.9 Å². The number of hydrogen-bond donors (Lipinski definition) is 2. The van der Waals surface area contributed by atoms with Crippen LogP contribution in [0.25, 0.3) is 0 Å². The Labute approximate surface area is 72.7 Å². The summed E-state index contributed by atoms with van der Waals surface area (Å²) >= 11 is 0. The highest BCUT2D eigenvalue weighted by atomic mass is 16.5. The topological polar surface area (TPSA) is 52.9 Å². The molecule has 0 aromatic heterocycles. The first-order chi connectivity index (χ1) is 5.86. The number of aliphatic hydroxyl groups is 2. The predicted octanol–water partition coefficient (Wildman–Crippen LogP) is -0.938. The molecule has 12 heavy (non-hydrogen) atoms. The van der Waals surface area contributed by atoms with Crippen LogP contribution in [0.4, 0.5) is 0 Å². The van der Waals surface area contributed by atoms with Crippen LogP contribution in [0.15, 0.2) is 0 Å². The lowest BCUT2D eigenvalue weighted by atomic mass is 10.2. The van der Waals surface area contributed by atoms with E-state index >= 15 is 0 Å². The van der Waals surface area contributed by atoms with E-state index in [0.717, 1.165) is 26.1 Å². The van der Waals surface area contributed by atoms with Gasteiger partial charge in [-0.15, -0.1) is 0 Å². The molecule has 0 amide bonds. The molecule has 1 fully saturated rings. The third-order valence-corrected chi connectivity index (χ3v) is 2.06. The van der Waals surface area contributed by atoms with Gasteiger partial charge in [-0.25, -0.2) is 0 Å². The zero-order valence-corrected chi connectivity index (χ0v) is 7.28. The quantitative estimate of drug-likeness (QED) is 0.579. The number of hydrogen-bond acceptors (Lipinski definition) is 4. The van der Waals surface area contributed by atoms with Gasteiger partial charge in [-0.05, 0) is 6.42 Å². The summed E-state index contributed by atoms with van der Waals surface area (Å²) in [6.45, 7) is 3.62. The van der Waals surface area contributed by atoms with Crippen LogP contribution in [-0.2, 0) is 4.74 Å². The second kappa shape index (κ2) is 5.48. The molecule has 1 aliphatic rings. The van der Waals surface area contributed by atoms with Gasteiger partial charge in [0.05, 0.1) is 19.3 Å². The van der Waals surface area contributed by atoms with Crippen LogP contribution in [0.1, 0.15) is 6.42 Å². The molecule has 0 aromatic rings. The maximum atomic E-state index is 8.83. The molecular weight excluding hydrogens is 158 g/mol. The fourth-order valence-electron chi connectivity index (χ4n) is 1.39. The number of nitrogens with zero attached hydrogens (tertiary/aromatic N) is 1. The molecule has 4 heteroatoms. The van der Waals surface area contributed by atoms with Crippen molar-refractivity contribution in [3.05, 3.63) is 0 Å². The molecule has 1 aliphatic heterocycles. The van der Waals surface area contributed by atoms with Crippen LogP contribution in [0, 0.1) is 0 Å². The predicted molar refractivity (Wildman–Crippen MR) is 45.0 cm³/mol. The van der Waals surface area contributed by atoms with Crippen LogP contribution in [0.2, 0.25) is 0 Å². The Bertz CT molecular complexity index is 121. The average molecular weight is 175 g/mol. The highest BCUT2D eigenvalue weighted by Gasteiger charge is 2.18. The molecule has 0 saturated carbocycles. The molecule has 72 valence electrons. The second-order valence-corrected chi connectivity index (χ2v) is 3.05. The molecule has 0 spiro atoms. The van der Waals surface area contributed by atoms with Crippen LogP contribution in [0.5, 0.6) is 0 Å². The highest BCUT2D eigenvalue weighted by molar-refractivity contribution is 4.70. The zero-order chi connectivity index (χ0) is 8.81. The fourth-order valence-corrected chi connectivity index (χ4v) is 1.39. The Morgan fingerprint density at radius 2 is 2.25 bits per heavy atom. The third-order valence-electron chi connectivity index (χ3n) is 2.06. The molecule has 1 unspecified atom stereocenters. The zero-order valence-electron chi connectivity index (χ0n) is 7.28. The molecule has 0 bridgehead atoms. The molecule has 1 atom stereocenters. The van der Waals surface area contributed by atoms with Gasteiger partial charge < -0.3 is 14.9 Å². The summed E-state index contributed by atoms with van der Waals surface area (Å²) in [5.74, 6) is 0. The summed E-state index contributed by atoms with van der Waals surface area (Å²) in [6, 6.07) is 0. The van der Waals surface area contributed by atoms with E-state index in [1.54, 1.807) is 0 Å². The fraction of sp³-hybridized carbons (Fsp3) is 1.00. The lowest BCUT2D eigenvalue weighted by Gasteiger charge is -2.31. The molecule has 0 aromatic carbocycles. The Hall–Kier alpha value is -0.160. The third kappa shape index (κ3) is 3.06. The Morgan fingerprint density at radius 3 is 2.92 bits per heavy atom. The summed E-state index contributed by atoms with van der Waals surface area (Å²) < 4.78 is 5.28. The molecule has 2 N–H and O–H groups in total. The van der Waals surface area contributed by atoms with Crippen LogP contribution >= 0.6 is 0 Å². The van der Waals surface area contributed by atoms with E-state index in [-0.39, 0.29) is 19.3 Å². The second-order valence-electron chi connectivity index (χ2n) is 3.05. The van der Waals surface area contributed by atoms with Crippen molar-refractivity contribution in [1.29, 1.82) is 0 Å². The van der Waals surface area contributed by atoms with Crippen molar-refractivity contribution in [3.8, 4) is 0 Å². The standard InChI is InChI=1S/C8H17NO3/c10-4-1-2-9-3-5-12-8(6-9)7-11/h8,10-11H,1-7H2. The Morgan fingerprint density at radius 1 is 1.42 bits per heavy atom. The lowest BCUT2D eigenvalue weighted by molar-refractivity contribution is -0.0535. The number of rotatable bonds is 4. The molecule has 1 heterocycles. The summed E-state index contributed by atoms with van der Waals surface area (Å²) in [4.78, 5) is 2.21. The molecular formula is C8H17NO3. The Kier molecular flexibility index (Phi) is 4.53. The van der Waals surface area contributed by atoms with Gasteiger partial charge in [0, 0.05) is 26.2 Å². The molecule has 4 nitrogen and oxygen atoms in total. The van der Waals surface area contributed by atoms with Crippen LogP contribution in [0.3, 0.4) is 0 Å². The molecule has 1 rings (SSSR count). The lowest BCUT2D eigenvalue weighted by Crippen LogP contribution is -2.44. The van der Waals surface area contributed by atoms with Crippen molar-refractivity contribution in [2.75, 3.05) is 39.5 Å². The van der Waals surface area contributed by atoms with Gasteiger partial charge in [0.2, 0.25) is 0 Å². The van der Waals surface area contributed by atoms with Gasteiger partial charge >= 0.3 is 0 Å². The minimum atomic E-state index is -0.0301. The number of morpholine rings is 1. The van der Waals surface area contributed by atoms with Gasteiger partial charge in [0.25, 0.3) is 0 Å². The normalized spacial score (nSPS) is 26.0. The first-order valence-electron chi connectivity index (χ1n) is 4.42. The monoisotopic (exact) mass is 175 g/mol. The average Bonchev–Trinajstić information content (AvgIpc) is 2.15. The molecule has 1 saturated heterocycles. The van der Waals surface area contributed by atoms with Gasteiger partial charge in [-0.1, -0.05) is 0 Å². The SMILES string of the molecule is OCCCN1CCOC(CO)C1. The van der Waals surface area contributed by atoms with E-state index in [1.165, 1.54) is 0 Å². The molecule has 0 radical (unpaired) electrons. The smallest absolute Gasteiger partial charge is 0.0932 e. The maximum absolute atomic E-state index is 8.83. The van der Waals surface area contributed by atoms with Crippen molar-refractivity contribution in [2.45, 2.75) is 12.5 Å². The van der Waals surface area contributed by atoms with Crippen molar-refractivity contribution in [1.82, 2.24) is 4.90 Å². The van der Waals surface area contributed by atoms with Gasteiger partial charge in [-0.3, -0.25) is 4.90 Å². The van der Waals surface area contributed by atoms with Crippen molar-refractivity contribution in [2.24, 2.45) is 0 Å². The summed E-state index contributed by atoms with van der Waals surface area (Å²) in [5, 5.41) is 17.4. The summed E-state index contributed by atoms with van der Waals surface area (Å²) in [7, 11) is 0. The van der Waals surface area contributed by atoms with Crippen molar-refractivity contribution < 1.29 is 14.9 Å². The minimum Gasteiger partial charge on any atom is -0.396 e.